The van der Waals surface area contributed by atoms with Crippen molar-refractivity contribution < 1.29 is 12.8 Å². The van der Waals surface area contributed by atoms with Gasteiger partial charge in [-0.2, -0.15) is 0 Å². The van der Waals surface area contributed by atoms with Crippen LogP contribution in [0, 0.1) is 11.2 Å². The normalized spacial score (nSPS) is 22.5. The molecule has 1 saturated carbocycles. The van der Waals surface area contributed by atoms with Gasteiger partial charge in [-0.05, 0) is 74.0 Å². The van der Waals surface area contributed by atoms with Crippen LogP contribution in [0.1, 0.15) is 31.2 Å². The molecule has 6 heteroatoms. The summed E-state index contributed by atoms with van der Waals surface area (Å²) < 4.78 is 41.3. The summed E-state index contributed by atoms with van der Waals surface area (Å²) in [7, 11) is -3.46. The second-order valence-electron chi connectivity index (χ2n) is 7.79. The van der Waals surface area contributed by atoms with Gasteiger partial charge in [0.1, 0.15) is 5.82 Å². The number of rotatable bonds is 5. The van der Waals surface area contributed by atoms with Crippen molar-refractivity contribution in [2.24, 2.45) is 5.41 Å². The van der Waals surface area contributed by atoms with Crippen molar-refractivity contribution in [3.05, 3.63) is 66.0 Å². The number of hydrogen-bond acceptors (Lipinski definition) is 3. The monoisotopic (exact) mass is 388 g/mol. The summed E-state index contributed by atoms with van der Waals surface area (Å²) in [5.41, 5.74) is 1.20. The van der Waals surface area contributed by atoms with E-state index >= 15 is 0 Å². The molecule has 0 bridgehead atoms. The molecule has 0 amide bonds. The molecule has 27 heavy (non-hydrogen) atoms. The minimum atomic E-state index is -3.46. The molecule has 1 aliphatic carbocycles. The van der Waals surface area contributed by atoms with Crippen LogP contribution in [0.3, 0.4) is 0 Å². The van der Waals surface area contributed by atoms with Crippen LogP contribution in [0.4, 0.5) is 4.39 Å². The number of halogens is 1. The zero-order valence-corrected chi connectivity index (χ0v) is 16.1. The molecule has 4 rings (SSSR count). The lowest BCUT2D eigenvalue weighted by Crippen LogP contribution is -2.58. The zero-order valence-electron chi connectivity index (χ0n) is 15.3. The minimum absolute atomic E-state index is 0.0238. The molecule has 1 aliphatic heterocycles. The summed E-state index contributed by atoms with van der Waals surface area (Å²) in [5.74, 6) is -0.209. The molecule has 1 heterocycles. The molecule has 144 valence electrons. The fourth-order valence-electron chi connectivity index (χ4n) is 4.34. The largest absolute Gasteiger partial charge is 0.299 e. The van der Waals surface area contributed by atoms with Crippen LogP contribution in [-0.2, 0) is 16.6 Å². The average Bonchev–Trinajstić information content (AvgIpc) is 2.69. The van der Waals surface area contributed by atoms with Gasteiger partial charge in [0.2, 0.25) is 10.0 Å². The number of likely N-dealkylation sites (tertiary alicyclic amines) is 1. The van der Waals surface area contributed by atoms with Crippen LogP contribution >= 0.6 is 0 Å². The lowest BCUT2D eigenvalue weighted by atomic mass is 9.59. The second-order valence-corrected chi connectivity index (χ2v) is 9.50. The highest BCUT2D eigenvalue weighted by Gasteiger charge is 2.49. The van der Waals surface area contributed by atoms with E-state index in [0.29, 0.717) is 4.90 Å². The van der Waals surface area contributed by atoms with Crippen molar-refractivity contribution in [1.82, 2.24) is 9.62 Å². The van der Waals surface area contributed by atoms with Gasteiger partial charge in [0.15, 0.2) is 0 Å². The van der Waals surface area contributed by atoms with Gasteiger partial charge < -0.3 is 0 Å². The maximum absolute atomic E-state index is 13.1. The Labute approximate surface area is 160 Å². The van der Waals surface area contributed by atoms with E-state index in [1.54, 1.807) is 24.3 Å². The van der Waals surface area contributed by atoms with Crippen LogP contribution < -0.4 is 4.72 Å². The van der Waals surface area contributed by atoms with Gasteiger partial charge in [-0.25, -0.2) is 17.5 Å². The molecule has 2 aromatic rings. The van der Waals surface area contributed by atoms with Gasteiger partial charge in [0, 0.05) is 12.6 Å². The van der Waals surface area contributed by atoms with E-state index < -0.39 is 10.0 Å². The van der Waals surface area contributed by atoms with Gasteiger partial charge in [-0.3, -0.25) is 4.90 Å². The van der Waals surface area contributed by atoms with E-state index in [2.05, 4.69) is 9.62 Å². The van der Waals surface area contributed by atoms with E-state index in [-0.39, 0.29) is 17.3 Å². The Morgan fingerprint density at radius 2 is 1.67 bits per heavy atom. The molecule has 0 radical (unpaired) electrons. The number of hydrogen-bond donors (Lipinski definition) is 1. The third-order valence-electron chi connectivity index (χ3n) is 6.19. The number of piperidine rings is 1. The number of nitrogens with zero attached hydrogens (tertiary/aromatic N) is 1. The van der Waals surface area contributed by atoms with Gasteiger partial charge >= 0.3 is 0 Å². The smallest absolute Gasteiger partial charge is 0.240 e. The van der Waals surface area contributed by atoms with Crippen molar-refractivity contribution in [2.75, 3.05) is 13.1 Å². The lowest BCUT2D eigenvalue weighted by molar-refractivity contribution is 0.000700. The van der Waals surface area contributed by atoms with Crippen LogP contribution in [-0.4, -0.2) is 32.4 Å². The van der Waals surface area contributed by atoms with Crippen LogP contribution in [0.5, 0.6) is 0 Å². The summed E-state index contributed by atoms with van der Waals surface area (Å²) in [4.78, 5) is 2.71. The number of sulfonamides is 1. The molecule has 4 nitrogen and oxygen atoms in total. The fourth-order valence-corrected chi connectivity index (χ4v) is 5.73. The van der Waals surface area contributed by atoms with Gasteiger partial charge in [0.05, 0.1) is 4.90 Å². The quantitative estimate of drug-likeness (QED) is 0.852. The Balaban J connectivity index is 1.36. The van der Waals surface area contributed by atoms with Crippen molar-refractivity contribution in [3.63, 3.8) is 0 Å². The number of benzene rings is 2. The van der Waals surface area contributed by atoms with Gasteiger partial charge in [0.25, 0.3) is 0 Å². The first-order valence-electron chi connectivity index (χ1n) is 9.51. The van der Waals surface area contributed by atoms with E-state index in [9.17, 15) is 12.8 Å². The Morgan fingerprint density at radius 3 is 2.26 bits per heavy atom. The maximum atomic E-state index is 13.1. The van der Waals surface area contributed by atoms with E-state index in [1.807, 2.05) is 18.2 Å². The molecule has 1 saturated heterocycles. The Morgan fingerprint density at radius 1 is 1.00 bits per heavy atom. The summed E-state index contributed by atoms with van der Waals surface area (Å²) in [6, 6.07) is 15.3. The maximum Gasteiger partial charge on any atom is 0.240 e. The second kappa shape index (κ2) is 7.34. The molecule has 2 aromatic carbocycles. The first-order valence-corrected chi connectivity index (χ1v) is 11.0. The molecular formula is C21H25FN2O2S. The summed E-state index contributed by atoms with van der Waals surface area (Å²) >= 11 is 0. The SMILES string of the molecule is O=S(=O)(N[C@H]1CCC12CCN(Cc1ccc(F)cc1)CC2)c1ccccc1. The van der Waals surface area contributed by atoms with Crippen molar-refractivity contribution in [2.45, 2.75) is 43.2 Å². The van der Waals surface area contributed by atoms with Crippen LogP contribution in [0.15, 0.2) is 59.5 Å². The predicted molar refractivity (Wildman–Crippen MR) is 103 cm³/mol. The van der Waals surface area contributed by atoms with Crippen molar-refractivity contribution in [1.29, 1.82) is 0 Å². The van der Waals surface area contributed by atoms with Crippen molar-refractivity contribution in [3.8, 4) is 0 Å². The predicted octanol–water partition coefficient (Wildman–Crippen LogP) is 3.55. The van der Waals surface area contributed by atoms with Crippen molar-refractivity contribution >= 4 is 10.0 Å². The molecule has 0 unspecified atom stereocenters. The topological polar surface area (TPSA) is 49.4 Å². The molecule has 1 spiro atoms. The Hall–Kier alpha value is -1.76. The van der Waals surface area contributed by atoms with E-state index in [4.69, 9.17) is 0 Å². The van der Waals surface area contributed by atoms with Crippen LogP contribution in [0.25, 0.3) is 0 Å². The molecule has 0 aromatic heterocycles. The summed E-state index contributed by atoms with van der Waals surface area (Å²) in [6.07, 6.45) is 3.98. The zero-order chi connectivity index (χ0) is 18.9. The van der Waals surface area contributed by atoms with E-state index in [0.717, 1.165) is 50.9 Å². The lowest BCUT2D eigenvalue weighted by Gasteiger charge is -2.54. The standard InChI is InChI=1S/C21H25FN2O2S/c22-18-8-6-17(7-9-18)16-24-14-12-21(13-15-24)11-10-20(21)23-27(25,26)19-4-2-1-3-5-19/h1-9,20,23H,10-16H2/t20-/m0/s1. The third kappa shape index (κ3) is 3.93. The average molecular weight is 389 g/mol. The first-order chi connectivity index (χ1) is 13.0. The molecule has 1 atom stereocenters. The Bertz CT molecular complexity index is 876. The number of nitrogens with one attached hydrogen (secondary N) is 1. The third-order valence-corrected chi connectivity index (χ3v) is 7.68. The summed E-state index contributed by atoms with van der Waals surface area (Å²) in [5, 5.41) is 0. The van der Waals surface area contributed by atoms with Gasteiger partial charge in [-0.1, -0.05) is 30.3 Å². The highest BCUT2D eigenvalue weighted by Crippen LogP contribution is 2.49. The molecular weight excluding hydrogens is 363 g/mol. The fraction of sp³-hybridized carbons (Fsp3) is 0.429. The van der Waals surface area contributed by atoms with Crippen LogP contribution in [0.2, 0.25) is 0 Å². The molecule has 2 aliphatic rings. The summed E-state index contributed by atoms with van der Waals surface area (Å²) in [6.45, 7) is 2.71. The highest BCUT2D eigenvalue weighted by atomic mass is 32.2. The van der Waals surface area contributed by atoms with E-state index in [1.165, 1.54) is 12.1 Å². The first kappa shape index (κ1) is 18.6. The molecule has 2 fully saturated rings. The molecule has 1 N–H and O–H groups in total. The minimum Gasteiger partial charge on any atom is -0.299 e. The highest BCUT2D eigenvalue weighted by molar-refractivity contribution is 7.89. The van der Waals surface area contributed by atoms with Gasteiger partial charge in [-0.15, -0.1) is 0 Å². The Kier molecular flexibility index (Phi) is 5.05.